The van der Waals surface area contributed by atoms with Gasteiger partial charge in [-0.25, -0.2) is 4.39 Å². The zero-order valence-electron chi connectivity index (χ0n) is 15.5. The lowest BCUT2D eigenvalue weighted by molar-refractivity contribution is 0.0654. The van der Waals surface area contributed by atoms with Gasteiger partial charge in [0.05, 0.1) is 0 Å². The Bertz CT molecular complexity index is 913. The van der Waals surface area contributed by atoms with E-state index >= 15 is 0 Å². The van der Waals surface area contributed by atoms with Gasteiger partial charge < -0.3 is 10.2 Å². The first-order valence-electron chi connectivity index (χ1n) is 9.54. The van der Waals surface area contributed by atoms with Gasteiger partial charge in [0.1, 0.15) is 11.5 Å². The minimum atomic E-state index is -0.253. The summed E-state index contributed by atoms with van der Waals surface area (Å²) in [4.78, 5) is 14.6. The normalized spacial score (nSPS) is 19.4. The third kappa shape index (κ3) is 4.22. The Hall–Kier alpha value is -3.15. The van der Waals surface area contributed by atoms with Gasteiger partial charge in [-0.3, -0.25) is 9.89 Å². The summed E-state index contributed by atoms with van der Waals surface area (Å²) < 4.78 is 13.6. The van der Waals surface area contributed by atoms with Gasteiger partial charge in [-0.15, -0.1) is 0 Å². The highest BCUT2D eigenvalue weighted by Crippen LogP contribution is 2.26. The van der Waals surface area contributed by atoms with Gasteiger partial charge in [0, 0.05) is 36.9 Å². The molecule has 28 heavy (non-hydrogen) atoms. The molecule has 0 unspecified atom stereocenters. The van der Waals surface area contributed by atoms with E-state index in [-0.39, 0.29) is 23.7 Å². The molecule has 0 saturated carbocycles. The third-order valence-electron chi connectivity index (χ3n) is 5.27. The highest BCUT2D eigenvalue weighted by Gasteiger charge is 2.32. The average molecular weight is 378 g/mol. The van der Waals surface area contributed by atoms with E-state index < -0.39 is 0 Å². The highest BCUT2D eigenvalue weighted by molar-refractivity contribution is 5.92. The number of carbonyl (C=O) groups excluding carboxylic acids is 1. The lowest BCUT2D eigenvalue weighted by Crippen LogP contribution is -2.49. The number of anilines is 1. The van der Waals surface area contributed by atoms with Crippen LogP contribution in [0, 0.1) is 11.7 Å². The van der Waals surface area contributed by atoms with Gasteiger partial charge in [0.15, 0.2) is 0 Å². The van der Waals surface area contributed by atoms with Crippen molar-refractivity contribution in [1.82, 2.24) is 15.1 Å². The molecular weight excluding hydrogens is 355 g/mol. The Labute approximate surface area is 163 Å². The number of halogens is 1. The smallest absolute Gasteiger partial charge is 0.271 e. The Morgan fingerprint density at radius 2 is 2.04 bits per heavy atom. The number of aromatic nitrogens is 2. The third-order valence-corrected chi connectivity index (χ3v) is 5.27. The largest absolute Gasteiger partial charge is 0.382 e. The standard InChI is InChI=1S/C22H23FN4O/c23-18-7-4-8-19(14-18)25-20-10-12-27(22(28)21-9-11-24-26-21)15-17(20)13-16-5-2-1-3-6-16/h1-9,11,14,17,20,25H,10,12-13,15H2,(H,24,26)/t17-,20+/m0/s1. The topological polar surface area (TPSA) is 61.0 Å². The van der Waals surface area contributed by atoms with Crippen molar-refractivity contribution in [3.8, 4) is 0 Å². The first-order valence-corrected chi connectivity index (χ1v) is 9.54. The van der Waals surface area contributed by atoms with Crippen LogP contribution in [0.3, 0.4) is 0 Å². The lowest BCUT2D eigenvalue weighted by Gasteiger charge is -2.39. The highest BCUT2D eigenvalue weighted by atomic mass is 19.1. The van der Waals surface area contributed by atoms with Crippen molar-refractivity contribution in [2.45, 2.75) is 18.9 Å². The molecule has 2 heterocycles. The summed E-state index contributed by atoms with van der Waals surface area (Å²) in [7, 11) is 0. The van der Waals surface area contributed by atoms with E-state index in [4.69, 9.17) is 0 Å². The quantitative estimate of drug-likeness (QED) is 0.711. The van der Waals surface area contributed by atoms with Crippen molar-refractivity contribution in [3.63, 3.8) is 0 Å². The zero-order valence-corrected chi connectivity index (χ0v) is 15.5. The van der Waals surface area contributed by atoms with Crippen LogP contribution in [0.25, 0.3) is 0 Å². The summed E-state index contributed by atoms with van der Waals surface area (Å²) in [5.74, 6) is -0.0671. The van der Waals surface area contributed by atoms with Crippen LogP contribution < -0.4 is 5.32 Å². The second-order valence-corrected chi connectivity index (χ2v) is 7.22. The molecule has 6 heteroatoms. The minimum Gasteiger partial charge on any atom is -0.382 e. The molecule has 1 aromatic heterocycles. The molecule has 5 nitrogen and oxygen atoms in total. The van der Waals surface area contributed by atoms with E-state index in [0.29, 0.717) is 18.8 Å². The number of likely N-dealkylation sites (tertiary alicyclic amines) is 1. The summed E-state index contributed by atoms with van der Waals surface area (Å²) >= 11 is 0. The lowest BCUT2D eigenvalue weighted by atomic mass is 9.86. The number of carbonyl (C=O) groups is 1. The fraction of sp³-hybridized carbons (Fsp3) is 0.273. The van der Waals surface area contributed by atoms with Crippen LogP contribution in [0.2, 0.25) is 0 Å². The molecule has 0 bridgehead atoms. The molecule has 1 aliphatic rings. The second kappa shape index (κ2) is 8.25. The predicted molar refractivity (Wildman–Crippen MR) is 107 cm³/mol. The Kier molecular flexibility index (Phi) is 5.37. The molecule has 1 saturated heterocycles. The van der Waals surface area contributed by atoms with E-state index in [0.717, 1.165) is 18.5 Å². The van der Waals surface area contributed by atoms with Crippen LogP contribution in [0.4, 0.5) is 10.1 Å². The number of hydrogen-bond donors (Lipinski definition) is 2. The maximum absolute atomic E-state index is 13.6. The van der Waals surface area contributed by atoms with Crippen LogP contribution in [-0.2, 0) is 6.42 Å². The molecular formula is C22H23FN4O. The number of rotatable bonds is 5. The van der Waals surface area contributed by atoms with Gasteiger partial charge in [0.2, 0.25) is 0 Å². The maximum Gasteiger partial charge on any atom is 0.271 e. The van der Waals surface area contributed by atoms with E-state index in [2.05, 4.69) is 27.6 Å². The van der Waals surface area contributed by atoms with Crippen LogP contribution in [0.5, 0.6) is 0 Å². The van der Waals surface area contributed by atoms with Crippen molar-refractivity contribution in [3.05, 3.63) is 83.9 Å². The number of nitrogens with zero attached hydrogens (tertiary/aromatic N) is 2. The molecule has 4 rings (SSSR count). The summed E-state index contributed by atoms with van der Waals surface area (Å²) in [6.45, 7) is 1.29. The van der Waals surface area contributed by atoms with Gasteiger partial charge in [-0.1, -0.05) is 36.4 Å². The molecule has 3 aromatic rings. The van der Waals surface area contributed by atoms with Crippen LogP contribution in [0.15, 0.2) is 66.9 Å². The average Bonchev–Trinajstić information content (AvgIpc) is 3.24. The van der Waals surface area contributed by atoms with E-state index in [1.807, 2.05) is 29.2 Å². The number of H-pyrrole nitrogens is 1. The summed E-state index contributed by atoms with van der Waals surface area (Å²) in [6.07, 6.45) is 3.24. The molecule has 144 valence electrons. The van der Waals surface area contributed by atoms with Gasteiger partial charge in [0.25, 0.3) is 5.91 Å². The summed E-state index contributed by atoms with van der Waals surface area (Å²) in [5.41, 5.74) is 2.51. The summed E-state index contributed by atoms with van der Waals surface area (Å²) in [5, 5.41) is 10.1. The Morgan fingerprint density at radius 3 is 2.79 bits per heavy atom. The fourth-order valence-corrected chi connectivity index (χ4v) is 3.87. The molecule has 1 amide bonds. The molecule has 1 aliphatic heterocycles. The van der Waals surface area contributed by atoms with Crippen molar-refractivity contribution in [2.24, 2.45) is 5.92 Å². The van der Waals surface area contributed by atoms with Crippen molar-refractivity contribution < 1.29 is 9.18 Å². The van der Waals surface area contributed by atoms with E-state index in [9.17, 15) is 9.18 Å². The number of benzene rings is 2. The molecule has 0 radical (unpaired) electrons. The van der Waals surface area contributed by atoms with E-state index in [1.165, 1.54) is 17.7 Å². The van der Waals surface area contributed by atoms with Crippen molar-refractivity contribution in [2.75, 3.05) is 18.4 Å². The van der Waals surface area contributed by atoms with Gasteiger partial charge >= 0.3 is 0 Å². The first-order chi connectivity index (χ1) is 13.7. The number of piperidine rings is 1. The summed E-state index contributed by atoms with van der Waals surface area (Å²) in [6, 6.07) is 18.7. The van der Waals surface area contributed by atoms with Crippen LogP contribution in [0.1, 0.15) is 22.5 Å². The molecule has 2 N–H and O–H groups in total. The van der Waals surface area contributed by atoms with E-state index in [1.54, 1.807) is 18.3 Å². The SMILES string of the molecule is O=C(c1ccn[nH]1)N1CC[C@@H](Nc2cccc(F)c2)[C@@H](Cc2ccccc2)C1. The molecule has 2 atom stereocenters. The monoisotopic (exact) mass is 378 g/mol. The van der Waals surface area contributed by atoms with Gasteiger partial charge in [-0.05, 0) is 42.7 Å². The molecule has 0 aliphatic carbocycles. The Morgan fingerprint density at radius 1 is 1.18 bits per heavy atom. The Balaban J connectivity index is 1.52. The van der Waals surface area contributed by atoms with Crippen LogP contribution in [-0.4, -0.2) is 40.1 Å². The first kappa shape index (κ1) is 18.2. The number of aromatic amines is 1. The number of hydrogen-bond acceptors (Lipinski definition) is 3. The molecule has 0 spiro atoms. The second-order valence-electron chi connectivity index (χ2n) is 7.22. The van der Waals surface area contributed by atoms with Gasteiger partial charge in [-0.2, -0.15) is 5.10 Å². The van der Waals surface area contributed by atoms with Crippen LogP contribution >= 0.6 is 0 Å². The zero-order chi connectivity index (χ0) is 19.3. The molecule has 1 fully saturated rings. The number of nitrogens with one attached hydrogen (secondary N) is 2. The molecule has 2 aromatic carbocycles. The van der Waals surface area contributed by atoms with Crippen molar-refractivity contribution >= 4 is 11.6 Å². The maximum atomic E-state index is 13.6. The van der Waals surface area contributed by atoms with Crippen molar-refractivity contribution in [1.29, 1.82) is 0 Å². The number of amides is 1. The minimum absolute atomic E-state index is 0.0280. The fourth-order valence-electron chi connectivity index (χ4n) is 3.87. The predicted octanol–water partition coefficient (Wildman–Crippen LogP) is 3.73.